The minimum absolute atomic E-state index is 0.242. The van der Waals surface area contributed by atoms with Gasteiger partial charge in [0, 0.05) is 30.1 Å². The van der Waals surface area contributed by atoms with Crippen molar-refractivity contribution in [2.45, 2.75) is 6.42 Å². The van der Waals surface area contributed by atoms with Gasteiger partial charge in [0.25, 0.3) is 0 Å². The highest BCUT2D eigenvalue weighted by Gasteiger charge is 2.15. The van der Waals surface area contributed by atoms with Gasteiger partial charge in [-0.15, -0.1) is 0 Å². The summed E-state index contributed by atoms with van der Waals surface area (Å²) < 4.78 is 13.1. The molecule has 1 aromatic carbocycles. The normalized spacial score (nSPS) is 13.3. The molecule has 1 N–H and O–H groups in total. The molecule has 0 unspecified atom stereocenters. The van der Waals surface area contributed by atoms with E-state index in [1.165, 1.54) is 23.9 Å². The highest BCUT2D eigenvalue weighted by Crippen LogP contribution is 2.31. The number of nitrogens with one attached hydrogen (secondary N) is 1. The van der Waals surface area contributed by atoms with E-state index in [-0.39, 0.29) is 5.82 Å². The molecular weight excluding hydrogens is 203 g/mol. The lowest BCUT2D eigenvalue weighted by atomic mass is 10.0. The summed E-state index contributed by atoms with van der Waals surface area (Å²) in [4.78, 5) is 4.22. The Hall–Kier alpha value is -1.90. The van der Waals surface area contributed by atoms with Crippen LogP contribution in [0.15, 0.2) is 36.5 Å². The Bertz CT molecular complexity index is 537. The summed E-state index contributed by atoms with van der Waals surface area (Å²) in [6.07, 6.45) is 2.48. The van der Waals surface area contributed by atoms with Gasteiger partial charge in [0.1, 0.15) is 5.82 Å². The first kappa shape index (κ1) is 9.33. The van der Waals surface area contributed by atoms with E-state index in [0.29, 0.717) is 5.69 Å². The Labute approximate surface area is 93.1 Å². The topological polar surface area (TPSA) is 24.9 Å². The molecule has 2 heterocycles. The summed E-state index contributed by atoms with van der Waals surface area (Å²) in [5.74, 6) is -0.242. The highest BCUT2D eigenvalue weighted by molar-refractivity contribution is 5.73. The molecule has 0 radical (unpaired) electrons. The van der Waals surface area contributed by atoms with Gasteiger partial charge in [0.15, 0.2) is 0 Å². The van der Waals surface area contributed by atoms with E-state index in [0.717, 1.165) is 24.2 Å². The van der Waals surface area contributed by atoms with Crippen LogP contribution in [0, 0.1) is 5.82 Å². The lowest BCUT2D eigenvalue weighted by Gasteiger charge is -2.06. The SMILES string of the molecule is Fc1ccnc(-c2cccc3c2CCN3)c1. The van der Waals surface area contributed by atoms with Crippen LogP contribution < -0.4 is 5.32 Å². The molecule has 3 heteroatoms. The number of pyridine rings is 1. The predicted molar refractivity (Wildman–Crippen MR) is 61.8 cm³/mol. The largest absolute Gasteiger partial charge is 0.384 e. The maximum Gasteiger partial charge on any atom is 0.126 e. The molecule has 0 atom stereocenters. The van der Waals surface area contributed by atoms with Gasteiger partial charge in [0.05, 0.1) is 5.69 Å². The van der Waals surface area contributed by atoms with E-state index in [9.17, 15) is 4.39 Å². The quantitative estimate of drug-likeness (QED) is 0.789. The fraction of sp³-hybridized carbons (Fsp3) is 0.154. The Morgan fingerprint density at radius 1 is 1.25 bits per heavy atom. The van der Waals surface area contributed by atoms with Crippen LogP contribution in [0.25, 0.3) is 11.3 Å². The zero-order valence-electron chi connectivity index (χ0n) is 8.70. The summed E-state index contributed by atoms with van der Waals surface area (Å²) >= 11 is 0. The van der Waals surface area contributed by atoms with E-state index in [1.54, 1.807) is 0 Å². The summed E-state index contributed by atoms with van der Waals surface area (Å²) in [5, 5.41) is 3.30. The van der Waals surface area contributed by atoms with Crippen LogP contribution in [0.1, 0.15) is 5.56 Å². The Morgan fingerprint density at radius 3 is 3.06 bits per heavy atom. The second-order valence-electron chi connectivity index (χ2n) is 3.87. The highest BCUT2D eigenvalue weighted by atomic mass is 19.1. The minimum Gasteiger partial charge on any atom is -0.384 e. The van der Waals surface area contributed by atoms with Crippen molar-refractivity contribution < 1.29 is 4.39 Å². The van der Waals surface area contributed by atoms with Gasteiger partial charge in [0.2, 0.25) is 0 Å². The molecule has 0 saturated carbocycles. The van der Waals surface area contributed by atoms with Gasteiger partial charge in [-0.3, -0.25) is 4.98 Å². The maximum atomic E-state index is 13.1. The number of nitrogens with zero attached hydrogens (tertiary/aromatic N) is 1. The van der Waals surface area contributed by atoms with Crippen molar-refractivity contribution in [2.75, 3.05) is 11.9 Å². The fourth-order valence-electron chi connectivity index (χ4n) is 2.14. The average molecular weight is 214 g/mol. The molecule has 0 amide bonds. The Morgan fingerprint density at radius 2 is 2.19 bits per heavy atom. The third-order valence-corrected chi connectivity index (χ3v) is 2.86. The Kier molecular flexibility index (Phi) is 2.10. The average Bonchev–Trinajstić information content (AvgIpc) is 2.76. The zero-order valence-corrected chi connectivity index (χ0v) is 8.70. The molecule has 2 aromatic rings. The van der Waals surface area contributed by atoms with Crippen molar-refractivity contribution in [3.63, 3.8) is 0 Å². The molecule has 0 spiro atoms. The monoisotopic (exact) mass is 214 g/mol. The van der Waals surface area contributed by atoms with E-state index in [4.69, 9.17) is 0 Å². The number of hydrogen-bond acceptors (Lipinski definition) is 2. The number of anilines is 1. The van der Waals surface area contributed by atoms with Gasteiger partial charge in [-0.25, -0.2) is 4.39 Å². The summed E-state index contributed by atoms with van der Waals surface area (Å²) in [6.45, 7) is 0.946. The number of halogens is 1. The van der Waals surface area contributed by atoms with Gasteiger partial charge in [-0.2, -0.15) is 0 Å². The lowest BCUT2D eigenvalue weighted by Crippen LogP contribution is -1.90. The first-order chi connectivity index (χ1) is 7.84. The second kappa shape index (κ2) is 3.59. The van der Waals surface area contributed by atoms with Crippen LogP contribution in [0.2, 0.25) is 0 Å². The van der Waals surface area contributed by atoms with Crippen molar-refractivity contribution in [1.82, 2.24) is 4.98 Å². The first-order valence-electron chi connectivity index (χ1n) is 5.32. The van der Waals surface area contributed by atoms with Crippen LogP contribution in [0.4, 0.5) is 10.1 Å². The van der Waals surface area contributed by atoms with E-state index in [1.807, 2.05) is 18.2 Å². The Balaban J connectivity index is 2.17. The van der Waals surface area contributed by atoms with Crippen molar-refractivity contribution in [2.24, 2.45) is 0 Å². The zero-order chi connectivity index (χ0) is 11.0. The fourth-order valence-corrected chi connectivity index (χ4v) is 2.14. The molecule has 3 rings (SSSR count). The minimum atomic E-state index is -0.242. The molecule has 16 heavy (non-hydrogen) atoms. The van der Waals surface area contributed by atoms with Crippen LogP contribution in [0.5, 0.6) is 0 Å². The molecule has 0 bridgehead atoms. The van der Waals surface area contributed by atoms with Crippen molar-refractivity contribution in [3.8, 4) is 11.3 Å². The number of rotatable bonds is 1. The summed E-state index contributed by atoms with van der Waals surface area (Å²) in [7, 11) is 0. The van der Waals surface area contributed by atoms with E-state index in [2.05, 4.69) is 10.3 Å². The molecule has 2 nitrogen and oxygen atoms in total. The molecule has 0 saturated heterocycles. The third kappa shape index (κ3) is 1.45. The van der Waals surface area contributed by atoms with Crippen molar-refractivity contribution >= 4 is 5.69 Å². The molecule has 1 aliphatic heterocycles. The van der Waals surface area contributed by atoms with Crippen LogP contribution >= 0.6 is 0 Å². The first-order valence-corrected chi connectivity index (χ1v) is 5.32. The van der Waals surface area contributed by atoms with Gasteiger partial charge < -0.3 is 5.32 Å². The van der Waals surface area contributed by atoms with Gasteiger partial charge >= 0.3 is 0 Å². The van der Waals surface area contributed by atoms with Crippen LogP contribution in [-0.2, 0) is 6.42 Å². The van der Waals surface area contributed by atoms with Gasteiger partial charge in [-0.1, -0.05) is 12.1 Å². The van der Waals surface area contributed by atoms with Crippen LogP contribution in [0.3, 0.4) is 0 Å². The molecule has 80 valence electrons. The molecular formula is C13H11FN2. The van der Waals surface area contributed by atoms with E-state index < -0.39 is 0 Å². The molecule has 1 aromatic heterocycles. The molecule has 1 aliphatic rings. The second-order valence-corrected chi connectivity index (χ2v) is 3.87. The number of hydrogen-bond donors (Lipinski definition) is 1. The van der Waals surface area contributed by atoms with Gasteiger partial charge in [-0.05, 0) is 24.1 Å². The summed E-state index contributed by atoms with van der Waals surface area (Å²) in [5.41, 5.74) is 4.12. The number of aromatic nitrogens is 1. The summed E-state index contributed by atoms with van der Waals surface area (Å²) in [6, 6.07) is 8.86. The molecule has 0 aliphatic carbocycles. The van der Waals surface area contributed by atoms with Crippen LogP contribution in [-0.4, -0.2) is 11.5 Å². The lowest BCUT2D eigenvalue weighted by molar-refractivity contribution is 0.626. The molecule has 0 fully saturated rings. The van der Waals surface area contributed by atoms with Crippen molar-refractivity contribution in [1.29, 1.82) is 0 Å². The number of benzene rings is 1. The van der Waals surface area contributed by atoms with E-state index >= 15 is 0 Å². The standard InChI is InChI=1S/C13H11FN2/c14-9-4-6-16-13(8-9)10-2-1-3-12-11(10)5-7-15-12/h1-4,6,8,15H,5,7H2. The predicted octanol–water partition coefficient (Wildman–Crippen LogP) is 2.86. The maximum absolute atomic E-state index is 13.1. The third-order valence-electron chi connectivity index (χ3n) is 2.86. The number of fused-ring (bicyclic) bond motifs is 1. The van der Waals surface area contributed by atoms with Crippen molar-refractivity contribution in [3.05, 3.63) is 47.9 Å². The smallest absolute Gasteiger partial charge is 0.126 e.